The van der Waals surface area contributed by atoms with Gasteiger partial charge in [-0.05, 0) is 20.3 Å². The van der Waals surface area contributed by atoms with Crippen LogP contribution in [0.4, 0.5) is 0 Å². The van der Waals surface area contributed by atoms with Gasteiger partial charge in [0.25, 0.3) is 0 Å². The van der Waals surface area contributed by atoms with E-state index in [1.165, 1.54) is 0 Å². The molecule has 0 aromatic heterocycles. The van der Waals surface area contributed by atoms with Crippen molar-refractivity contribution in [3.63, 3.8) is 0 Å². The van der Waals surface area contributed by atoms with Gasteiger partial charge in [-0.25, -0.2) is 0 Å². The Bertz CT molecular complexity index is 200. The van der Waals surface area contributed by atoms with Gasteiger partial charge in [0.2, 0.25) is 0 Å². The van der Waals surface area contributed by atoms with Crippen molar-refractivity contribution in [3.05, 3.63) is 0 Å². The third-order valence-electron chi connectivity index (χ3n) is 3.40. The summed E-state index contributed by atoms with van der Waals surface area (Å²) < 4.78 is 11.0. The van der Waals surface area contributed by atoms with Crippen LogP contribution in [-0.4, -0.2) is 63.0 Å². The molecule has 1 aliphatic rings. The minimum absolute atomic E-state index is 0.317. The number of hydrogen-bond acceptors (Lipinski definition) is 4. The minimum atomic E-state index is 0.317. The van der Waals surface area contributed by atoms with E-state index in [1.807, 2.05) is 0 Å². The Morgan fingerprint density at radius 1 is 1.47 bits per heavy atom. The van der Waals surface area contributed by atoms with Crippen LogP contribution in [0.25, 0.3) is 0 Å². The molecule has 0 aliphatic carbocycles. The quantitative estimate of drug-likeness (QED) is 0.727. The average molecular weight is 244 g/mol. The van der Waals surface area contributed by atoms with Crippen molar-refractivity contribution >= 4 is 0 Å². The van der Waals surface area contributed by atoms with E-state index in [4.69, 9.17) is 9.47 Å². The van der Waals surface area contributed by atoms with Crippen molar-refractivity contribution in [1.82, 2.24) is 10.2 Å². The fraction of sp³-hybridized carbons (Fsp3) is 1.00. The van der Waals surface area contributed by atoms with Crippen molar-refractivity contribution in [1.29, 1.82) is 0 Å². The van der Waals surface area contributed by atoms with Gasteiger partial charge in [-0.2, -0.15) is 0 Å². The monoisotopic (exact) mass is 244 g/mol. The van der Waals surface area contributed by atoms with E-state index in [2.05, 4.69) is 31.0 Å². The molecule has 1 heterocycles. The Labute approximate surface area is 106 Å². The van der Waals surface area contributed by atoms with E-state index in [0.29, 0.717) is 18.2 Å². The Balaban J connectivity index is 2.26. The van der Waals surface area contributed by atoms with Crippen LogP contribution in [0.2, 0.25) is 0 Å². The summed E-state index contributed by atoms with van der Waals surface area (Å²) in [5, 5.41) is 3.52. The third kappa shape index (κ3) is 5.34. The van der Waals surface area contributed by atoms with Gasteiger partial charge >= 0.3 is 0 Å². The molecule has 2 unspecified atom stereocenters. The minimum Gasteiger partial charge on any atom is -0.383 e. The zero-order valence-electron chi connectivity index (χ0n) is 11.7. The largest absolute Gasteiger partial charge is 0.383 e. The zero-order chi connectivity index (χ0) is 12.7. The molecule has 1 aliphatic heterocycles. The lowest BCUT2D eigenvalue weighted by Gasteiger charge is -2.36. The van der Waals surface area contributed by atoms with E-state index in [0.717, 1.165) is 39.3 Å². The fourth-order valence-electron chi connectivity index (χ4n) is 2.16. The van der Waals surface area contributed by atoms with Crippen molar-refractivity contribution in [2.45, 2.75) is 45.4 Å². The second-order valence-corrected chi connectivity index (χ2v) is 5.05. The molecule has 17 heavy (non-hydrogen) atoms. The Hall–Kier alpha value is -0.160. The predicted molar refractivity (Wildman–Crippen MR) is 70.4 cm³/mol. The van der Waals surface area contributed by atoms with Crippen LogP contribution in [0.5, 0.6) is 0 Å². The highest BCUT2D eigenvalue weighted by atomic mass is 16.5. The summed E-state index contributed by atoms with van der Waals surface area (Å²) in [4.78, 5) is 2.48. The molecule has 4 nitrogen and oxygen atoms in total. The van der Waals surface area contributed by atoms with Gasteiger partial charge < -0.3 is 14.8 Å². The molecule has 0 aromatic rings. The van der Waals surface area contributed by atoms with Crippen LogP contribution in [0.3, 0.4) is 0 Å². The summed E-state index contributed by atoms with van der Waals surface area (Å²) in [6, 6.07) is 1.06. The van der Waals surface area contributed by atoms with Crippen molar-refractivity contribution in [2.24, 2.45) is 0 Å². The molecule has 0 spiro atoms. The summed E-state index contributed by atoms with van der Waals surface area (Å²) in [7, 11) is 1.75. The Morgan fingerprint density at radius 3 is 2.82 bits per heavy atom. The van der Waals surface area contributed by atoms with Crippen LogP contribution in [0, 0.1) is 0 Å². The van der Waals surface area contributed by atoms with Gasteiger partial charge in [-0.15, -0.1) is 0 Å². The summed E-state index contributed by atoms with van der Waals surface area (Å²) in [6.45, 7) is 11.3. The van der Waals surface area contributed by atoms with E-state index in [1.54, 1.807) is 7.11 Å². The molecule has 102 valence electrons. The van der Waals surface area contributed by atoms with E-state index >= 15 is 0 Å². The first-order chi connectivity index (χ1) is 8.17. The second-order valence-electron chi connectivity index (χ2n) is 5.05. The van der Waals surface area contributed by atoms with Crippen LogP contribution < -0.4 is 5.32 Å². The molecule has 1 N–H and O–H groups in total. The highest BCUT2D eigenvalue weighted by Crippen LogP contribution is 2.08. The number of methoxy groups -OCH3 is 1. The third-order valence-corrected chi connectivity index (χ3v) is 3.40. The average Bonchev–Trinajstić information content (AvgIpc) is 2.34. The van der Waals surface area contributed by atoms with Crippen molar-refractivity contribution in [3.8, 4) is 0 Å². The van der Waals surface area contributed by atoms with Gasteiger partial charge in [0.15, 0.2) is 0 Å². The number of nitrogens with one attached hydrogen (secondary N) is 1. The number of morpholine rings is 1. The Morgan fingerprint density at radius 2 is 2.24 bits per heavy atom. The standard InChI is InChI=1S/C13H28N2O2/c1-5-12(10-16-4)14-8-13-9-15(11(2)3)6-7-17-13/h11-14H,5-10H2,1-4H3. The normalized spacial score (nSPS) is 24.2. The highest BCUT2D eigenvalue weighted by Gasteiger charge is 2.22. The highest BCUT2D eigenvalue weighted by molar-refractivity contribution is 4.77. The number of ether oxygens (including phenoxy) is 2. The molecule has 0 bridgehead atoms. The topological polar surface area (TPSA) is 33.7 Å². The summed E-state index contributed by atoms with van der Waals surface area (Å²) in [5.74, 6) is 0. The number of hydrogen-bond donors (Lipinski definition) is 1. The summed E-state index contributed by atoms with van der Waals surface area (Å²) in [6.07, 6.45) is 1.41. The van der Waals surface area contributed by atoms with Gasteiger partial charge in [0.05, 0.1) is 19.3 Å². The predicted octanol–water partition coefficient (Wildman–Crippen LogP) is 1.11. The summed E-state index contributed by atoms with van der Waals surface area (Å²) >= 11 is 0. The lowest BCUT2D eigenvalue weighted by molar-refractivity contribution is -0.0390. The van der Waals surface area contributed by atoms with E-state index < -0.39 is 0 Å². The zero-order valence-corrected chi connectivity index (χ0v) is 11.7. The molecular formula is C13H28N2O2. The maximum atomic E-state index is 5.79. The van der Waals surface area contributed by atoms with Gasteiger partial charge in [-0.3, -0.25) is 4.90 Å². The molecule has 0 aromatic carbocycles. The molecule has 0 saturated carbocycles. The molecule has 0 radical (unpaired) electrons. The lowest BCUT2D eigenvalue weighted by atomic mass is 10.2. The molecule has 4 heteroatoms. The Kier molecular flexibility index (Phi) is 7.04. The lowest BCUT2D eigenvalue weighted by Crippen LogP contribution is -2.50. The first kappa shape index (κ1) is 14.9. The van der Waals surface area contributed by atoms with Crippen LogP contribution in [0.15, 0.2) is 0 Å². The second kappa shape index (κ2) is 8.03. The van der Waals surface area contributed by atoms with E-state index in [-0.39, 0.29) is 0 Å². The van der Waals surface area contributed by atoms with Crippen molar-refractivity contribution < 1.29 is 9.47 Å². The first-order valence-corrected chi connectivity index (χ1v) is 6.75. The maximum Gasteiger partial charge on any atom is 0.0826 e. The fourth-order valence-corrected chi connectivity index (χ4v) is 2.16. The first-order valence-electron chi connectivity index (χ1n) is 6.75. The van der Waals surface area contributed by atoms with Gasteiger partial charge in [0, 0.05) is 38.8 Å². The molecule has 1 rings (SSSR count). The molecule has 1 fully saturated rings. The van der Waals surface area contributed by atoms with E-state index in [9.17, 15) is 0 Å². The number of rotatable bonds is 7. The van der Waals surface area contributed by atoms with Gasteiger partial charge in [0.1, 0.15) is 0 Å². The maximum absolute atomic E-state index is 5.79. The smallest absolute Gasteiger partial charge is 0.0826 e. The van der Waals surface area contributed by atoms with Crippen molar-refractivity contribution in [2.75, 3.05) is 40.0 Å². The molecular weight excluding hydrogens is 216 g/mol. The summed E-state index contributed by atoms with van der Waals surface area (Å²) in [5.41, 5.74) is 0. The molecule has 1 saturated heterocycles. The van der Waals surface area contributed by atoms with Gasteiger partial charge in [-0.1, -0.05) is 6.92 Å². The molecule has 2 atom stereocenters. The molecule has 0 amide bonds. The SMILES string of the molecule is CCC(COC)NCC1CN(C(C)C)CCO1. The number of nitrogens with zero attached hydrogens (tertiary/aromatic N) is 1. The van der Waals surface area contributed by atoms with Crippen LogP contribution >= 0.6 is 0 Å². The van der Waals surface area contributed by atoms with Crippen LogP contribution in [-0.2, 0) is 9.47 Å². The van der Waals surface area contributed by atoms with Crippen LogP contribution in [0.1, 0.15) is 27.2 Å².